The summed E-state index contributed by atoms with van der Waals surface area (Å²) in [6.07, 6.45) is 3.88. The molecule has 1 aromatic carbocycles. The molecule has 0 aliphatic heterocycles. The fraction of sp³-hybridized carbons (Fsp3) is 0.600. The topological polar surface area (TPSA) is 46.2 Å². The van der Waals surface area contributed by atoms with E-state index in [9.17, 15) is 9.50 Å². The van der Waals surface area contributed by atoms with Gasteiger partial charge < -0.3 is 10.8 Å². The van der Waals surface area contributed by atoms with Gasteiger partial charge in [-0.25, -0.2) is 4.39 Å². The molecule has 0 radical (unpaired) electrons. The average molecular weight is 251 g/mol. The molecular weight excluding hydrogens is 229 g/mol. The van der Waals surface area contributed by atoms with E-state index in [-0.39, 0.29) is 17.2 Å². The van der Waals surface area contributed by atoms with Gasteiger partial charge in [0, 0.05) is 12.5 Å². The van der Waals surface area contributed by atoms with Crippen molar-refractivity contribution in [3.63, 3.8) is 0 Å². The molecule has 1 aliphatic carbocycles. The number of benzene rings is 1. The lowest BCUT2D eigenvalue weighted by atomic mass is 9.74. The van der Waals surface area contributed by atoms with Crippen LogP contribution in [0.5, 0.6) is 0 Å². The van der Waals surface area contributed by atoms with Crippen molar-refractivity contribution in [1.29, 1.82) is 0 Å². The number of hydrogen-bond acceptors (Lipinski definition) is 2. The second kappa shape index (κ2) is 5.37. The van der Waals surface area contributed by atoms with Crippen molar-refractivity contribution < 1.29 is 9.50 Å². The molecule has 3 heteroatoms. The van der Waals surface area contributed by atoms with Gasteiger partial charge in [0.15, 0.2) is 0 Å². The number of hydrogen-bond donors (Lipinski definition) is 2. The van der Waals surface area contributed by atoms with E-state index in [0.29, 0.717) is 6.54 Å². The fourth-order valence-corrected chi connectivity index (χ4v) is 3.15. The highest BCUT2D eigenvalue weighted by atomic mass is 19.1. The molecule has 1 aromatic rings. The normalized spacial score (nSPS) is 21.8. The smallest absolute Gasteiger partial charge is 0.123 e. The molecular formula is C15H22FNO. The molecule has 2 atom stereocenters. The standard InChI is InChI=1S/C15H22FNO/c1-15(7-2-3-8-15)14(18)13(10-17)11-5-4-6-12(16)9-11/h4-6,9,13-14,18H,2-3,7-8,10,17H2,1H3. The summed E-state index contributed by atoms with van der Waals surface area (Å²) < 4.78 is 13.3. The molecule has 1 fully saturated rings. The zero-order valence-corrected chi connectivity index (χ0v) is 10.9. The summed E-state index contributed by atoms with van der Waals surface area (Å²) in [5.74, 6) is -0.446. The van der Waals surface area contributed by atoms with Crippen molar-refractivity contribution in [2.24, 2.45) is 11.1 Å². The van der Waals surface area contributed by atoms with E-state index in [1.54, 1.807) is 6.07 Å². The quantitative estimate of drug-likeness (QED) is 0.864. The zero-order valence-electron chi connectivity index (χ0n) is 10.9. The van der Waals surface area contributed by atoms with Crippen LogP contribution in [0.4, 0.5) is 4.39 Å². The lowest BCUT2D eigenvalue weighted by Crippen LogP contribution is -2.38. The van der Waals surface area contributed by atoms with Gasteiger partial charge in [0.2, 0.25) is 0 Å². The largest absolute Gasteiger partial charge is 0.392 e. The number of aliphatic hydroxyl groups is 1. The van der Waals surface area contributed by atoms with Crippen LogP contribution in [0.25, 0.3) is 0 Å². The van der Waals surface area contributed by atoms with Gasteiger partial charge in [-0.1, -0.05) is 31.9 Å². The third-order valence-corrected chi connectivity index (χ3v) is 4.37. The zero-order chi connectivity index (χ0) is 13.2. The maximum atomic E-state index is 13.3. The van der Waals surface area contributed by atoms with Crippen molar-refractivity contribution in [2.75, 3.05) is 6.54 Å². The lowest BCUT2D eigenvalue weighted by Gasteiger charge is -2.35. The van der Waals surface area contributed by atoms with Crippen molar-refractivity contribution in [1.82, 2.24) is 0 Å². The lowest BCUT2D eigenvalue weighted by molar-refractivity contribution is 0.0212. The molecule has 0 aromatic heterocycles. The van der Waals surface area contributed by atoms with E-state index in [0.717, 1.165) is 31.2 Å². The van der Waals surface area contributed by atoms with E-state index < -0.39 is 6.10 Å². The van der Waals surface area contributed by atoms with E-state index in [2.05, 4.69) is 6.92 Å². The maximum absolute atomic E-state index is 13.3. The first-order valence-electron chi connectivity index (χ1n) is 6.70. The van der Waals surface area contributed by atoms with Gasteiger partial charge >= 0.3 is 0 Å². The van der Waals surface area contributed by atoms with E-state index >= 15 is 0 Å². The summed E-state index contributed by atoms with van der Waals surface area (Å²) in [5.41, 5.74) is 6.53. The van der Waals surface area contributed by atoms with Gasteiger partial charge in [-0.05, 0) is 36.0 Å². The van der Waals surface area contributed by atoms with Gasteiger partial charge in [0.1, 0.15) is 5.82 Å². The first-order chi connectivity index (χ1) is 8.57. The minimum absolute atomic E-state index is 0.0731. The minimum Gasteiger partial charge on any atom is -0.392 e. The monoisotopic (exact) mass is 251 g/mol. The van der Waals surface area contributed by atoms with Gasteiger partial charge in [-0.3, -0.25) is 0 Å². The molecule has 1 saturated carbocycles. The Morgan fingerprint density at radius 2 is 2.06 bits per heavy atom. The van der Waals surface area contributed by atoms with Crippen molar-refractivity contribution >= 4 is 0 Å². The predicted molar refractivity (Wildman–Crippen MR) is 70.8 cm³/mol. The summed E-state index contributed by atoms with van der Waals surface area (Å²) in [4.78, 5) is 0. The van der Waals surface area contributed by atoms with Crippen LogP contribution >= 0.6 is 0 Å². The molecule has 100 valence electrons. The third kappa shape index (κ3) is 2.57. The van der Waals surface area contributed by atoms with Crippen molar-refractivity contribution in [3.8, 4) is 0 Å². The SMILES string of the molecule is CC1(C(O)C(CN)c2cccc(F)c2)CCCC1. The highest BCUT2D eigenvalue weighted by molar-refractivity contribution is 5.23. The van der Waals surface area contributed by atoms with Crippen LogP contribution in [0.2, 0.25) is 0 Å². The second-order valence-corrected chi connectivity index (χ2v) is 5.70. The van der Waals surface area contributed by atoms with E-state index in [4.69, 9.17) is 5.73 Å². The summed E-state index contributed by atoms with van der Waals surface area (Å²) in [6.45, 7) is 2.47. The van der Waals surface area contributed by atoms with Crippen LogP contribution in [-0.2, 0) is 0 Å². The van der Waals surface area contributed by atoms with Gasteiger partial charge in [0.05, 0.1) is 6.10 Å². The molecule has 2 nitrogen and oxygen atoms in total. The molecule has 0 amide bonds. The van der Waals surface area contributed by atoms with Crippen LogP contribution in [0.15, 0.2) is 24.3 Å². The van der Waals surface area contributed by atoms with Crippen LogP contribution in [0.3, 0.4) is 0 Å². The predicted octanol–water partition coefficient (Wildman–Crippen LogP) is 2.81. The van der Waals surface area contributed by atoms with E-state index in [1.807, 2.05) is 6.07 Å². The van der Waals surface area contributed by atoms with Crippen molar-refractivity contribution in [3.05, 3.63) is 35.6 Å². The Balaban J connectivity index is 2.22. The minimum atomic E-state index is -0.494. The molecule has 0 heterocycles. The number of halogens is 1. The van der Waals surface area contributed by atoms with Gasteiger partial charge in [0.25, 0.3) is 0 Å². The highest BCUT2D eigenvalue weighted by Gasteiger charge is 2.40. The molecule has 3 N–H and O–H groups in total. The molecule has 0 bridgehead atoms. The Morgan fingerprint density at radius 1 is 1.39 bits per heavy atom. The van der Waals surface area contributed by atoms with Gasteiger partial charge in [-0.2, -0.15) is 0 Å². The summed E-state index contributed by atoms with van der Waals surface area (Å²) in [5, 5.41) is 10.6. The Hall–Kier alpha value is -0.930. The third-order valence-electron chi connectivity index (χ3n) is 4.37. The molecule has 0 spiro atoms. The summed E-state index contributed by atoms with van der Waals surface area (Å²) in [6, 6.07) is 6.43. The number of nitrogens with two attached hydrogens (primary N) is 1. The van der Waals surface area contributed by atoms with Crippen LogP contribution in [0.1, 0.15) is 44.1 Å². The van der Waals surface area contributed by atoms with Crippen LogP contribution < -0.4 is 5.73 Å². The Bertz CT molecular complexity index is 401. The second-order valence-electron chi connectivity index (χ2n) is 5.70. The molecule has 2 unspecified atom stereocenters. The Labute approximate surface area is 108 Å². The van der Waals surface area contributed by atoms with E-state index in [1.165, 1.54) is 12.1 Å². The molecule has 18 heavy (non-hydrogen) atoms. The first kappa shape index (κ1) is 13.5. The highest BCUT2D eigenvalue weighted by Crippen LogP contribution is 2.44. The maximum Gasteiger partial charge on any atom is 0.123 e. The van der Waals surface area contributed by atoms with Crippen LogP contribution in [-0.4, -0.2) is 17.8 Å². The Kier molecular flexibility index (Phi) is 4.03. The average Bonchev–Trinajstić information content (AvgIpc) is 2.78. The van der Waals surface area contributed by atoms with Gasteiger partial charge in [-0.15, -0.1) is 0 Å². The van der Waals surface area contributed by atoms with Crippen molar-refractivity contribution in [2.45, 2.75) is 44.6 Å². The summed E-state index contributed by atoms with van der Waals surface area (Å²) >= 11 is 0. The molecule has 1 aliphatic rings. The van der Waals surface area contributed by atoms with Crippen LogP contribution in [0, 0.1) is 11.2 Å². The molecule has 2 rings (SSSR count). The number of aliphatic hydroxyl groups excluding tert-OH is 1. The number of rotatable bonds is 4. The first-order valence-corrected chi connectivity index (χ1v) is 6.70. The fourth-order valence-electron chi connectivity index (χ4n) is 3.15. The summed E-state index contributed by atoms with van der Waals surface area (Å²) in [7, 11) is 0. The molecule has 0 saturated heterocycles. The Morgan fingerprint density at radius 3 is 2.61 bits per heavy atom.